The first-order valence-corrected chi connectivity index (χ1v) is 7.93. The lowest BCUT2D eigenvalue weighted by Crippen LogP contribution is -2.75. The highest BCUT2D eigenvalue weighted by atomic mass is 16.5. The third-order valence-electron chi connectivity index (χ3n) is 4.16. The van der Waals surface area contributed by atoms with Crippen molar-refractivity contribution in [1.29, 1.82) is 0 Å². The highest BCUT2D eigenvalue weighted by Gasteiger charge is 2.17. The van der Waals surface area contributed by atoms with Crippen LogP contribution in [0.1, 0.15) is 16.7 Å². The molecule has 0 unspecified atom stereocenters. The summed E-state index contributed by atoms with van der Waals surface area (Å²) in [4.78, 5) is 3.47. The molecule has 0 spiro atoms. The van der Waals surface area contributed by atoms with Gasteiger partial charge in [0.1, 0.15) is 12.3 Å². The largest absolute Gasteiger partial charge is 0.497 e. The predicted octanol–water partition coefficient (Wildman–Crippen LogP) is 1.85. The molecule has 0 fully saturated rings. The van der Waals surface area contributed by atoms with Gasteiger partial charge in [-0.15, -0.1) is 0 Å². The molecule has 0 aromatic heterocycles. The number of methoxy groups -OCH3 is 3. The minimum absolute atomic E-state index is 0.728. The molecule has 1 aliphatic heterocycles. The average Bonchev–Trinajstić information content (AvgIpc) is 2.65. The maximum absolute atomic E-state index is 5.36. The van der Waals surface area contributed by atoms with Crippen LogP contribution in [0.5, 0.6) is 17.2 Å². The van der Waals surface area contributed by atoms with Crippen LogP contribution in [0.2, 0.25) is 0 Å². The van der Waals surface area contributed by atoms with E-state index in [1.807, 2.05) is 24.3 Å². The van der Waals surface area contributed by atoms with Crippen molar-refractivity contribution in [3.8, 4) is 17.2 Å². The zero-order valence-corrected chi connectivity index (χ0v) is 14.3. The van der Waals surface area contributed by atoms with Gasteiger partial charge in [-0.05, 0) is 47.5 Å². The summed E-state index contributed by atoms with van der Waals surface area (Å²) in [7, 11) is 4.98. The van der Waals surface area contributed by atoms with E-state index in [0.29, 0.717) is 0 Å². The Balaban J connectivity index is 1.87. The van der Waals surface area contributed by atoms with E-state index in [2.05, 4.69) is 29.3 Å². The number of fused-ring (bicyclic) bond motifs is 1. The van der Waals surface area contributed by atoms with Crippen LogP contribution in [0.4, 0.5) is 0 Å². The molecule has 0 saturated carbocycles. The summed E-state index contributed by atoms with van der Waals surface area (Å²) in [5, 5.41) is 0. The second-order valence-electron chi connectivity index (χ2n) is 5.56. The van der Waals surface area contributed by atoms with E-state index in [4.69, 9.17) is 14.2 Å². The maximum Gasteiger partial charge on any atom is 0.205 e. The molecule has 0 atom stereocenters. The number of ether oxygens (including phenoxy) is 3. The first-order valence-electron chi connectivity index (χ1n) is 7.93. The second-order valence-corrected chi connectivity index (χ2v) is 5.56. The van der Waals surface area contributed by atoms with Crippen molar-refractivity contribution in [3.05, 3.63) is 59.2 Å². The Labute approximate surface area is 142 Å². The third-order valence-corrected chi connectivity index (χ3v) is 4.16. The highest BCUT2D eigenvalue weighted by molar-refractivity contribution is 6.08. The molecule has 1 N–H and O–H groups in total. The molecule has 0 bridgehead atoms. The van der Waals surface area contributed by atoms with Crippen LogP contribution in [0, 0.1) is 0 Å². The number of nitrogens with one attached hydrogen (secondary N) is 1. The lowest BCUT2D eigenvalue weighted by Gasteiger charge is -2.11. The maximum atomic E-state index is 5.36. The smallest absolute Gasteiger partial charge is 0.205 e. The molecule has 2 aromatic carbocycles. The molecular weight excluding hydrogens is 302 g/mol. The first kappa shape index (κ1) is 16.1. The Hall–Kier alpha value is -2.75. The van der Waals surface area contributed by atoms with Crippen molar-refractivity contribution >= 4 is 11.8 Å². The van der Waals surface area contributed by atoms with Crippen LogP contribution in [0.15, 0.2) is 42.5 Å². The summed E-state index contributed by atoms with van der Waals surface area (Å²) in [6.45, 7) is 0.922. The van der Waals surface area contributed by atoms with Crippen LogP contribution >= 0.6 is 0 Å². The number of allylic oxidation sites excluding steroid dienone is 1. The Kier molecular flexibility index (Phi) is 4.85. The quantitative estimate of drug-likeness (QED) is 0.913. The minimum Gasteiger partial charge on any atom is -0.497 e. The van der Waals surface area contributed by atoms with Gasteiger partial charge in [-0.1, -0.05) is 6.07 Å². The van der Waals surface area contributed by atoms with Crippen LogP contribution in [-0.2, 0) is 6.42 Å². The number of benzene rings is 2. The molecule has 124 valence electrons. The van der Waals surface area contributed by atoms with E-state index in [1.165, 1.54) is 11.1 Å². The van der Waals surface area contributed by atoms with Gasteiger partial charge in [0.2, 0.25) is 5.71 Å². The van der Waals surface area contributed by atoms with Gasteiger partial charge >= 0.3 is 0 Å². The fourth-order valence-electron chi connectivity index (χ4n) is 2.88. The third kappa shape index (κ3) is 3.27. The molecule has 0 amide bonds. The lowest BCUT2D eigenvalue weighted by molar-refractivity contribution is -0.456. The summed E-state index contributed by atoms with van der Waals surface area (Å²) in [6.07, 6.45) is 5.18. The van der Waals surface area contributed by atoms with Crippen molar-refractivity contribution in [2.45, 2.75) is 6.42 Å². The van der Waals surface area contributed by atoms with Crippen LogP contribution in [0.3, 0.4) is 0 Å². The molecular formula is C20H22NO3+. The molecule has 4 nitrogen and oxygen atoms in total. The van der Waals surface area contributed by atoms with Gasteiger partial charge in [-0.2, -0.15) is 0 Å². The Bertz CT molecular complexity index is 793. The summed E-state index contributed by atoms with van der Waals surface area (Å²) in [5.41, 5.74) is 4.70. The zero-order valence-electron chi connectivity index (χ0n) is 14.3. The first-order chi connectivity index (χ1) is 11.7. The van der Waals surface area contributed by atoms with Crippen LogP contribution < -0.4 is 19.2 Å². The number of hydrogen-bond donors (Lipinski definition) is 1. The normalized spacial score (nSPS) is 13.4. The highest BCUT2D eigenvalue weighted by Crippen LogP contribution is 2.28. The lowest BCUT2D eigenvalue weighted by atomic mass is 9.96. The van der Waals surface area contributed by atoms with E-state index in [9.17, 15) is 0 Å². The van der Waals surface area contributed by atoms with Gasteiger partial charge < -0.3 is 14.2 Å². The fraction of sp³-hybridized carbons (Fsp3) is 0.250. The molecule has 0 saturated heterocycles. The molecule has 2 aromatic rings. The van der Waals surface area contributed by atoms with E-state index in [0.717, 1.165) is 41.5 Å². The Morgan fingerprint density at radius 2 is 1.71 bits per heavy atom. The van der Waals surface area contributed by atoms with Crippen molar-refractivity contribution < 1.29 is 19.2 Å². The zero-order chi connectivity index (χ0) is 16.9. The van der Waals surface area contributed by atoms with Crippen molar-refractivity contribution in [1.82, 2.24) is 0 Å². The predicted molar refractivity (Wildman–Crippen MR) is 95.2 cm³/mol. The minimum atomic E-state index is 0.728. The Morgan fingerprint density at radius 3 is 2.46 bits per heavy atom. The monoisotopic (exact) mass is 324 g/mol. The summed E-state index contributed by atoms with van der Waals surface area (Å²) < 4.78 is 15.9. The summed E-state index contributed by atoms with van der Waals surface area (Å²) in [6, 6.07) is 12.1. The van der Waals surface area contributed by atoms with Crippen LogP contribution in [0.25, 0.3) is 6.08 Å². The molecule has 1 aliphatic rings. The molecule has 0 aliphatic carbocycles. The Morgan fingerprint density at radius 1 is 0.875 bits per heavy atom. The molecule has 0 radical (unpaired) electrons. The summed E-state index contributed by atoms with van der Waals surface area (Å²) >= 11 is 0. The van der Waals surface area contributed by atoms with Crippen molar-refractivity contribution in [3.63, 3.8) is 0 Å². The SMILES string of the molecule is COc1ccc2c(c1)CC[NH+]=C2/C=C/c1ccc(OC)c(OC)c1. The van der Waals surface area contributed by atoms with E-state index in [1.54, 1.807) is 21.3 Å². The summed E-state index contributed by atoms with van der Waals surface area (Å²) in [5.74, 6) is 2.36. The molecule has 24 heavy (non-hydrogen) atoms. The van der Waals surface area contributed by atoms with Crippen molar-refractivity contribution in [2.75, 3.05) is 27.9 Å². The topological polar surface area (TPSA) is 41.7 Å². The molecule has 4 heteroatoms. The van der Waals surface area contributed by atoms with Crippen molar-refractivity contribution in [2.24, 2.45) is 0 Å². The van der Waals surface area contributed by atoms with E-state index >= 15 is 0 Å². The molecule has 3 rings (SSSR count). The van der Waals surface area contributed by atoms with Gasteiger partial charge in [0.25, 0.3) is 0 Å². The standard InChI is InChI=1S/C20H21NO3/c1-22-16-6-7-17-15(13-16)10-11-21-18(17)8-4-14-5-9-19(23-2)20(12-14)24-3/h4-9,12-13H,10-11H2,1-3H3/p+1/b8-4+. The van der Waals surface area contributed by atoms with Gasteiger partial charge in [0, 0.05) is 18.1 Å². The van der Waals surface area contributed by atoms with Gasteiger partial charge in [0.05, 0.1) is 21.3 Å². The fourth-order valence-corrected chi connectivity index (χ4v) is 2.88. The second kappa shape index (κ2) is 7.21. The van der Waals surface area contributed by atoms with Gasteiger partial charge in [-0.25, -0.2) is 4.99 Å². The van der Waals surface area contributed by atoms with E-state index in [-0.39, 0.29) is 0 Å². The van der Waals surface area contributed by atoms with Gasteiger partial charge in [-0.3, -0.25) is 0 Å². The van der Waals surface area contributed by atoms with Gasteiger partial charge in [0.15, 0.2) is 11.5 Å². The van der Waals surface area contributed by atoms with E-state index < -0.39 is 0 Å². The number of rotatable bonds is 5. The molecule has 1 heterocycles. The number of hydrogen-bond acceptors (Lipinski definition) is 3. The van der Waals surface area contributed by atoms with Crippen LogP contribution in [-0.4, -0.2) is 33.6 Å². The average molecular weight is 324 g/mol.